The van der Waals surface area contributed by atoms with Crippen LogP contribution in [0.15, 0.2) is 52.3 Å². The number of aryl methyl sites for hydroxylation is 1. The SMILES string of the molecule is CCc1ccc(Sc2ccc(N)cc2)c(C(=O)O)c1. The van der Waals surface area contributed by atoms with Crippen molar-refractivity contribution in [3.63, 3.8) is 0 Å². The highest BCUT2D eigenvalue weighted by Crippen LogP contribution is 2.31. The predicted octanol–water partition coefficient (Wildman–Crippen LogP) is 3.68. The highest BCUT2D eigenvalue weighted by molar-refractivity contribution is 7.99. The van der Waals surface area contributed by atoms with Gasteiger partial charge in [0.05, 0.1) is 5.56 Å². The van der Waals surface area contributed by atoms with Crippen molar-refractivity contribution in [3.8, 4) is 0 Å². The molecule has 0 aliphatic heterocycles. The van der Waals surface area contributed by atoms with Gasteiger partial charge in [-0.25, -0.2) is 4.79 Å². The van der Waals surface area contributed by atoms with Crippen LogP contribution in [0.5, 0.6) is 0 Å². The Morgan fingerprint density at radius 1 is 1.21 bits per heavy atom. The first kappa shape index (κ1) is 13.5. The molecular weight excluding hydrogens is 258 g/mol. The zero-order chi connectivity index (χ0) is 13.8. The van der Waals surface area contributed by atoms with Gasteiger partial charge >= 0.3 is 5.97 Å². The van der Waals surface area contributed by atoms with Crippen LogP contribution < -0.4 is 5.73 Å². The number of carboxylic acids is 1. The number of benzene rings is 2. The third-order valence-electron chi connectivity index (χ3n) is 2.79. The van der Waals surface area contributed by atoms with E-state index in [4.69, 9.17) is 5.73 Å². The second-order valence-corrected chi connectivity index (χ2v) is 5.28. The standard InChI is InChI=1S/C15H15NO2S/c1-2-10-3-8-14(13(9-10)15(17)18)19-12-6-4-11(16)5-7-12/h3-9H,2,16H2,1H3,(H,17,18). The fraction of sp³-hybridized carbons (Fsp3) is 0.133. The van der Waals surface area contributed by atoms with Crippen molar-refractivity contribution in [2.24, 2.45) is 0 Å². The summed E-state index contributed by atoms with van der Waals surface area (Å²) < 4.78 is 0. The summed E-state index contributed by atoms with van der Waals surface area (Å²) in [6, 6.07) is 13.0. The molecule has 0 heterocycles. The number of hydrogen-bond donors (Lipinski definition) is 2. The van der Waals surface area contributed by atoms with E-state index in [1.165, 1.54) is 11.8 Å². The Kier molecular flexibility index (Phi) is 4.12. The van der Waals surface area contributed by atoms with Gasteiger partial charge in [0.2, 0.25) is 0 Å². The molecular formula is C15H15NO2S. The van der Waals surface area contributed by atoms with E-state index in [1.54, 1.807) is 6.07 Å². The van der Waals surface area contributed by atoms with Gasteiger partial charge in [-0.15, -0.1) is 0 Å². The van der Waals surface area contributed by atoms with E-state index in [-0.39, 0.29) is 0 Å². The Labute approximate surface area is 116 Å². The molecule has 3 N–H and O–H groups in total. The Morgan fingerprint density at radius 2 is 1.89 bits per heavy atom. The zero-order valence-corrected chi connectivity index (χ0v) is 11.4. The van der Waals surface area contributed by atoms with Crippen LogP contribution in [-0.2, 0) is 6.42 Å². The number of nitrogens with two attached hydrogens (primary N) is 1. The van der Waals surface area contributed by atoms with Crippen molar-refractivity contribution in [1.29, 1.82) is 0 Å². The van der Waals surface area contributed by atoms with E-state index in [0.29, 0.717) is 11.3 Å². The maximum atomic E-state index is 11.3. The minimum absolute atomic E-state index is 0.348. The molecule has 0 saturated carbocycles. The molecule has 0 radical (unpaired) electrons. The molecule has 3 nitrogen and oxygen atoms in total. The number of carboxylic acid groups (broad SMARTS) is 1. The lowest BCUT2D eigenvalue weighted by atomic mass is 10.1. The first-order valence-corrected chi connectivity index (χ1v) is 6.81. The Balaban J connectivity index is 2.33. The normalized spacial score (nSPS) is 10.4. The third-order valence-corrected chi connectivity index (χ3v) is 3.87. The summed E-state index contributed by atoms with van der Waals surface area (Å²) >= 11 is 1.43. The fourth-order valence-electron chi connectivity index (χ4n) is 1.72. The molecule has 0 atom stereocenters. The van der Waals surface area contributed by atoms with E-state index in [0.717, 1.165) is 21.8 Å². The van der Waals surface area contributed by atoms with Crippen molar-refractivity contribution in [1.82, 2.24) is 0 Å². The van der Waals surface area contributed by atoms with Crippen LogP contribution in [0.25, 0.3) is 0 Å². The van der Waals surface area contributed by atoms with Gasteiger partial charge in [0.1, 0.15) is 0 Å². The number of hydrogen-bond acceptors (Lipinski definition) is 3. The molecule has 4 heteroatoms. The molecule has 0 aromatic heterocycles. The van der Waals surface area contributed by atoms with Gasteiger partial charge in [0, 0.05) is 15.5 Å². The number of rotatable bonds is 4. The minimum atomic E-state index is -0.895. The van der Waals surface area contributed by atoms with E-state index in [1.807, 2.05) is 43.3 Å². The molecule has 0 fully saturated rings. The van der Waals surface area contributed by atoms with Crippen LogP contribution in [0, 0.1) is 0 Å². The van der Waals surface area contributed by atoms with Crippen LogP contribution in [-0.4, -0.2) is 11.1 Å². The van der Waals surface area contributed by atoms with Gasteiger partial charge in [0.25, 0.3) is 0 Å². The highest BCUT2D eigenvalue weighted by atomic mass is 32.2. The smallest absolute Gasteiger partial charge is 0.336 e. The summed E-state index contributed by atoms with van der Waals surface area (Å²) in [5, 5.41) is 9.27. The average molecular weight is 273 g/mol. The average Bonchev–Trinajstić information content (AvgIpc) is 2.41. The van der Waals surface area contributed by atoms with E-state index in [9.17, 15) is 9.90 Å². The maximum Gasteiger partial charge on any atom is 0.336 e. The Bertz CT molecular complexity index is 594. The molecule has 0 saturated heterocycles. The third kappa shape index (κ3) is 3.29. The lowest BCUT2D eigenvalue weighted by Crippen LogP contribution is -2.00. The Morgan fingerprint density at radius 3 is 2.47 bits per heavy atom. The van der Waals surface area contributed by atoms with Gasteiger partial charge in [-0.2, -0.15) is 0 Å². The first-order valence-electron chi connectivity index (χ1n) is 5.99. The van der Waals surface area contributed by atoms with Crippen molar-refractivity contribution in [2.75, 3.05) is 5.73 Å². The van der Waals surface area contributed by atoms with Gasteiger partial charge in [-0.3, -0.25) is 0 Å². The molecule has 0 aliphatic rings. The van der Waals surface area contributed by atoms with E-state index in [2.05, 4.69) is 0 Å². The largest absolute Gasteiger partial charge is 0.478 e. The lowest BCUT2D eigenvalue weighted by Gasteiger charge is -2.08. The van der Waals surface area contributed by atoms with Crippen molar-refractivity contribution in [2.45, 2.75) is 23.1 Å². The molecule has 2 aromatic rings. The van der Waals surface area contributed by atoms with Crippen molar-refractivity contribution in [3.05, 3.63) is 53.6 Å². The van der Waals surface area contributed by atoms with Crippen LogP contribution >= 0.6 is 11.8 Å². The fourth-order valence-corrected chi connectivity index (χ4v) is 2.63. The van der Waals surface area contributed by atoms with Gasteiger partial charge in [-0.05, 0) is 48.4 Å². The number of aromatic carboxylic acids is 1. The van der Waals surface area contributed by atoms with Crippen LogP contribution in [0.2, 0.25) is 0 Å². The molecule has 2 rings (SSSR count). The first-order chi connectivity index (χ1) is 9.10. The van der Waals surface area contributed by atoms with E-state index >= 15 is 0 Å². The quantitative estimate of drug-likeness (QED) is 0.834. The van der Waals surface area contributed by atoms with Crippen LogP contribution in [0.1, 0.15) is 22.8 Å². The van der Waals surface area contributed by atoms with E-state index < -0.39 is 5.97 Å². The topological polar surface area (TPSA) is 63.3 Å². The summed E-state index contributed by atoms with van der Waals surface area (Å²) in [6.45, 7) is 2.01. The summed E-state index contributed by atoms with van der Waals surface area (Å²) in [7, 11) is 0. The summed E-state index contributed by atoms with van der Waals surface area (Å²) in [5.74, 6) is -0.895. The summed E-state index contributed by atoms with van der Waals surface area (Å²) in [6.07, 6.45) is 0.826. The lowest BCUT2D eigenvalue weighted by molar-refractivity contribution is 0.0693. The Hall–Kier alpha value is -1.94. The van der Waals surface area contributed by atoms with Crippen LogP contribution in [0.4, 0.5) is 5.69 Å². The van der Waals surface area contributed by atoms with Gasteiger partial charge in [-0.1, -0.05) is 24.8 Å². The predicted molar refractivity (Wildman–Crippen MR) is 77.8 cm³/mol. The minimum Gasteiger partial charge on any atom is -0.478 e. The van der Waals surface area contributed by atoms with Crippen molar-refractivity contribution >= 4 is 23.4 Å². The van der Waals surface area contributed by atoms with Crippen molar-refractivity contribution < 1.29 is 9.90 Å². The molecule has 0 aliphatic carbocycles. The monoisotopic (exact) mass is 273 g/mol. The van der Waals surface area contributed by atoms with Gasteiger partial charge in [0.15, 0.2) is 0 Å². The van der Waals surface area contributed by atoms with Gasteiger partial charge < -0.3 is 10.8 Å². The second-order valence-electron chi connectivity index (χ2n) is 4.16. The molecule has 19 heavy (non-hydrogen) atoms. The highest BCUT2D eigenvalue weighted by Gasteiger charge is 2.11. The summed E-state index contributed by atoms with van der Waals surface area (Å²) in [5.41, 5.74) is 7.71. The molecule has 98 valence electrons. The molecule has 0 amide bonds. The second kappa shape index (κ2) is 5.80. The zero-order valence-electron chi connectivity index (χ0n) is 10.6. The van der Waals surface area contributed by atoms with Crippen LogP contribution in [0.3, 0.4) is 0 Å². The molecule has 2 aromatic carbocycles. The number of anilines is 1. The maximum absolute atomic E-state index is 11.3. The molecule has 0 bridgehead atoms. The molecule has 0 spiro atoms. The summed E-state index contributed by atoms with van der Waals surface area (Å²) in [4.78, 5) is 13.0. The molecule has 0 unspecified atom stereocenters. The number of carbonyl (C=O) groups is 1. The number of nitrogen functional groups attached to an aromatic ring is 1.